The van der Waals surface area contributed by atoms with E-state index in [9.17, 15) is 8.42 Å². The Morgan fingerprint density at radius 2 is 1.90 bits per heavy atom. The van der Waals surface area contributed by atoms with Gasteiger partial charge < -0.3 is 10.2 Å². The fraction of sp³-hybridized carbons (Fsp3) is 0.696. The van der Waals surface area contributed by atoms with Crippen LogP contribution in [0.4, 0.5) is 0 Å². The number of sulfone groups is 1. The summed E-state index contributed by atoms with van der Waals surface area (Å²) in [5.41, 5.74) is 1.39. The van der Waals surface area contributed by atoms with Crippen molar-refractivity contribution < 1.29 is 8.42 Å². The van der Waals surface area contributed by atoms with Crippen molar-refractivity contribution in [2.75, 3.05) is 39.0 Å². The van der Waals surface area contributed by atoms with Crippen molar-refractivity contribution in [2.24, 2.45) is 10.9 Å². The molecule has 0 radical (unpaired) electrons. The molecule has 2 unspecified atom stereocenters. The predicted molar refractivity (Wildman–Crippen MR) is 124 cm³/mol. The Hall–Kier alpha value is -1.60. The van der Waals surface area contributed by atoms with Crippen LogP contribution in [-0.4, -0.2) is 73.9 Å². The molecule has 6 nitrogen and oxygen atoms in total. The summed E-state index contributed by atoms with van der Waals surface area (Å²) in [5, 5.41) is 3.30. The number of benzene rings is 1. The molecule has 1 aromatic rings. The average molecular weight is 435 g/mol. The Bertz CT molecular complexity index is 817. The van der Waals surface area contributed by atoms with Crippen LogP contribution >= 0.6 is 0 Å². The molecular weight excluding hydrogens is 396 g/mol. The van der Waals surface area contributed by atoms with Gasteiger partial charge in [0.1, 0.15) is 0 Å². The summed E-state index contributed by atoms with van der Waals surface area (Å²) in [7, 11) is -1.34. The van der Waals surface area contributed by atoms with Crippen LogP contribution in [0.1, 0.15) is 45.6 Å². The summed E-state index contributed by atoms with van der Waals surface area (Å²) < 4.78 is 24.0. The maximum atomic E-state index is 12.4. The molecule has 30 heavy (non-hydrogen) atoms. The molecule has 2 atom stereocenters. The highest BCUT2D eigenvalue weighted by atomic mass is 32.2. The molecule has 0 bridgehead atoms. The van der Waals surface area contributed by atoms with Gasteiger partial charge in [0.05, 0.1) is 10.5 Å². The Kier molecular flexibility index (Phi) is 7.45. The highest BCUT2D eigenvalue weighted by Crippen LogP contribution is 2.31. The van der Waals surface area contributed by atoms with E-state index in [1.165, 1.54) is 24.9 Å². The van der Waals surface area contributed by atoms with Crippen LogP contribution in [0.15, 0.2) is 35.3 Å². The first kappa shape index (κ1) is 23.1. The van der Waals surface area contributed by atoms with Crippen LogP contribution in [-0.2, 0) is 16.4 Å². The average Bonchev–Trinajstić information content (AvgIpc) is 2.71. The van der Waals surface area contributed by atoms with Gasteiger partial charge in [-0.2, -0.15) is 0 Å². The molecule has 0 saturated carbocycles. The minimum Gasteiger partial charge on any atom is -0.355 e. The van der Waals surface area contributed by atoms with Gasteiger partial charge in [0.15, 0.2) is 15.8 Å². The molecular formula is C23H38N4O2S. The number of likely N-dealkylation sites (tertiary alicyclic amines) is 2. The number of guanidine groups is 1. The molecule has 168 valence electrons. The van der Waals surface area contributed by atoms with Gasteiger partial charge in [0.25, 0.3) is 0 Å². The van der Waals surface area contributed by atoms with E-state index in [2.05, 4.69) is 50.4 Å². The van der Waals surface area contributed by atoms with E-state index < -0.39 is 14.6 Å². The molecule has 2 aliphatic rings. The first-order chi connectivity index (χ1) is 14.2. The third kappa shape index (κ3) is 5.55. The molecule has 1 N–H and O–H groups in total. The van der Waals surface area contributed by atoms with Crippen LogP contribution in [0.2, 0.25) is 0 Å². The molecule has 0 aromatic heterocycles. The minimum atomic E-state index is -3.13. The maximum absolute atomic E-state index is 12.4. The normalized spacial score (nSPS) is 23.9. The first-order valence-corrected chi connectivity index (χ1v) is 12.8. The summed E-state index contributed by atoms with van der Waals surface area (Å²) in [6.45, 7) is 9.81. The smallest absolute Gasteiger partial charge is 0.193 e. The molecule has 2 saturated heterocycles. The van der Waals surface area contributed by atoms with Crippen molar-refractivity contribution >= 4 is 15.8 Å². The Balaban J connectivity index is 1.55. The summed E-state index contributed by atoms with van der Waals surface area (Å²) in [5.74, 6) is 1.59. The molecule has 1 aromatic carbocycles. The van der Waals surface area contributed by atoms with Crippen molar-refractivity contribution in [3.8, 4) is 0 Å². The number of rotatable bonds is 5. The van der Waals surface area contributed by atoms with Crippen LogP contribution in [0.3, 0.4) is 0 Å². The van der Waals surface area contributed by atoms with E-state index in [0.29, 0.717) is 18.5 Å². The van der Waals surface area contributed by atoms with Gasteiger partial charge in [0.2, 0.25) is 0 Å². The third-order valence-corrected chi connectivity index (χ3v) is 9.12. The zero-order valence-corrected chi connectivity index (χ0v) is 19.8. The second-order valence-electron chi connectivity index (χ2n) is 9.57. The van der Waals surface area contributed by atoms with Gasteiger partial charge in [-0.15, -0.1) is 0 Å². The fourth-order valence-corrected chi connectivity index (χ4v) is 5.63. The lowest BCUT2D eigenvalue weighted by Crippen LogP contribution is -2.57. The summed E-state index contributed by atoms with van der Waals surface area (Å²) in [4.78, 5) is 9.42. The minimum absolute atomic E-state index is 0.125. The number of piperidine rings is 2. The molecule has 2 heterocycles. The number of fused-ring (bicyclic) bond motifs is 1. The molecule has 0 aliphatic carbocycles. The quantitative estimate of drug-likeness (QED) is 0.570. The van der Waals surface area contributed by atoms with Crippen molar-refractivity contribution in [1.82, 2.24) is 15.1 Å². The maximum Gasteiger partial charge on any atom is 0.193 e. The van der Waals surface area contributed by atoms with Gasteiger partial charge in [-0.1, -0.05) is 30.3 Å². The topological polar surface area (TPSA) is 65.0 Å². The van der Waals surface area contributed by atoms with E-state index in [0.717, 1.165) is 32.0 Å². The number of aliphatic imine (C=N–C) groups is 1. The van der Waals surface area contributed by atoms with Crippen molar-refractivity contribution in [3.63, 3.8) is 0 Å². The zero-order valence-electron chi connectivity index (χ0n) is 19.0. The summed E-state index contributed by atoms with van der Waals surface area (Å²) in [6, 6.07) is 11.4. The van der Waals surface area contributed by atoms with E-state index in [-0.39, 0.29) is 5.75 Å². The largest absolute Gasteiger partial charge is 0.355 e. The van der Waals surface area contributed by atoms with E-state index in [4.69, 9.17) is 0 Å². The lowest BCUT2D eigenvalue weighted by molar-refractivity contribution is 0.0373. The fourth-order valence-electron chi connectivity index (χ4n) is 4.65. The molecule has 2 fully saturated rings. The molecule has 3 rings (SSSR count). The van der Waals surface area contributed by atoms with Gasteiger partial charge in [-0.25, -0.2) is 8.42 Å². The Labute approximate surface area is 182 Å². The van der Waals surface area contributed by atoms with Gasteiger partial charge >= 0.3 is 0 Å². The number of nitrogens with one attached hydrogen (secondary N) is 1. The molecule has 0 amide bonds. The zero-order chi connectivity index (χ0) is 21.8. The Morgan fingerprint density at radius 3 is 2.57 bits per heavy atom. The van der Waals surface area contributed by atoms with Crippen molar-refractivity contribution in [2.45, 2.75) is 57.4 Å². The second-order valence-corrected chi connectivity index (χ2v) is 12.4. The Morgan fingerprint density at radius 1 is 1.17 bits per heavy atom. The highest BCUT2D eigenvalue weighted by molar-refractivity contribution is 7.92. The van der Waals surface area contributed by atoms with Crippen LogP contribution in [0.25, 0.3) is 0 Å². The lowest BCUT2D eigenvalue weighted by Gasteiger charge is -2.48. The lowest BCUT2D eigenvalue weighted by atomic mass is 9.83. The first-order valence-electron chi connectivity index (χ1n) is 11.2. The van der Waals surface area contributed by atoms with Gasteiger partial charge in [0, 0.05) is 39.3 Å². The van der Waals surface area contributed by atoms with E-state index in [1.54, 1.807) is 27.8 Å². The van der Waals surface area contributed by atoms with Gasteiger partial charge in [-0.3, -0.25) is 9.89 Å². The number of hydrogen-bond donors (Lipinski definition) is 1. The van der Waals surface area contributed by atoms with Crippen molar-refractivity contribution in [1.29, 1.82) is 0 Å². The predicted octanol–water partition coefficient (Wildman–Crippen LogP) is 2.76. The van der Waals surface area contributed by atoms with E-state index >= 15 is 0 Å². The van der Waals surface area contributed by atoms with Crippen LogP contribution < -0.4 is 5.32 Å². The summed E-state index contributed by atoms with van der Waals surface area (Å²) in [6.07, 6.45) is 3.61. The van der Waals surface area contributed by atoms with Gasteiger partial charge in [-0.05, 0) is 58.1 Å². The molecule has 2 aliphatic heterocycles. The highest BCUT2D eigenvalue weighted by Gasteiger charge is 2.37. The standard InChI is InChI=1S/C23H38N4O2S/c1-23(2,3)30(28,29)16-13-25-22(24-4)27-15-12-21-20(18-27)11-8-14-26(21)17-19-9-6-5-7-10-19/h5-7,9-10,20-21H,8,11-18H2,1-4H3,(H,24,25). The number of nitrogens with zero attached hydrogens (tertiary/aromatic N) is 3. The van der Waals surface area contributed by atoms with Crippen LogP contribution in [0, 0.1) is 5.92 Å². The molecule has 0 spiro atoms. The second kappa shape index (κ2) is 9.69. The summed E-state index contributed by atoms with van der Waals surface area (Å²) >= 11 is 0. The van der Waals surface area contributed by atoms with Crippen LogP contribution in [0.5, 0.6) is 0 Å². The third-order valence-electron chi connectivity index (χ3n) is 6.51. The molecule has 7 heteroatoms. The number of hydrogen-bond acceptors (Lipinski definition) is 4. The monoisotopic (exact) mass is 434 g/mol. The van der Waals surface area contributed by atoms with Crippen molar-refractivity contribution in [3.05, 3.63) is 35.9 Å². The SMILES string of the molecule is CN=C(NCCS(=O)(=O)C(C)(C)C)N1CCC2C(CCCN2Cc2ccccc2)C1. The van der Waals surface area contributed by atoms with E-state index in [1.807, 2.05) is 0 Å².